The first-order chi connectivity index (χ1) is 13.8. The average Bonchev–Trinajstić information content (AvgIpc) is 3.21. The van der Waals surface area contributed by atoms with E-state index in [0.29, 0.717) is 10.6 Å². The second-order valence-corrected chi connectivity index (χ2v) is 8.05. The smallest absolute Gasteiger partial charge is 0.352 e. The lowest BCUT2D eigenvalue weighted by Crippen LogP contribution is -2.80. The van der Waals surface area contributed by atoms with Crippen LogP contribution in [0, 0.1) is 0 Å². The number of aliphatic carboxylic acids is 1. The predicted octanol–water partition coefficient (Wildman–Crippen LogP) is 0.0425. The quantitative estimate of drug-likeness (QED) is 0.243. The molecule has 2 amide bonds. The van der Waals surface area contributed by atoms with Gasteiger partial charge in [0.1, 0.15) is 29.0 Å². The summed E-state index contributed by atoms with van der Waals surface area (Å²) in [5.74, 6) is -2.94. The Labute approximate surface area is 173 Å². The lowest BCUT2D eigenvalue weighted by atomic mass is 9.98. The molecule has 0 aromatic carbocycles. The van der Waals surface area contributed by atoms with Crippen LogP contribution in [0.2, 0.25) is 0 Å². The van der Waals surface area contributed by atoms with Gasteiger partial charge in [-0.1, -0.05) is 16.9 Å². The summed E-state index contributed by atoms with van der Waals surface area (Å²) in [5.41, 5.74) is -1.65. The third-order valence-corrected chi connectivity index (χ3v) is 6.46. The van der Waals surface area contributed by atoms with E-state index in [1.807, 2.05) is 0 Å². The van der Waals surface area contributed by atoms with Crippen LogP contribution in [-0.4, -0.2) is 75.2 Å². The summed E-state index contributed by atoms with van der Waals surface area (Å²) in [7, 11) is 1.26. The van der Waals surface area contributed by atoms with Crippen molar-refractivity contribution < 1.29 is 38.3 Å². The first kappa shape index (κ1) is 21.2. The third kappa shape index (κ3) is 3.97. The number of hydrogen-bond donors (Lipinski definition) is 2. The van der Waals surface area contributed by atoms with Crippen molar-refractivity contribution in [3.05, 3.63) is 23.6 Å². The van der Waals surface area contributed by atoms with Crippen molar-refractivity contribution in [1.29, 1.82) is 0 Å². The lowest BCUT2D eigenvalue weighted by molar-refractivity contribution is -0.192. The molecule has 29 heavy (non-hydrogen) atoms. The molecule has 2 N–H and O–H groups in total. The third-order valence-electron chi connectivity index (χ3n) is 4.17. The SMILES string of the molecule is CO[C@@]1(NC(=O)CSc2ccon2)C(=O)N2C(C(=O)O)=C(COC(C)=O)CS[C@@H]21. The fourth-order valence-electron chi connectivity index (χ4n) is 2.90. The van der Waals surface area contributed by atoms with E-state index in [1.54, 1.807) is 6.07 Å². The van der Waals surface area contributed by atoms with E-state index in [4.69, 9.17) is 9.47 Å². The average molecular weight is 443 g/mol. The van der Waals surface area contributed by atoms with Crippen molar-refractivity contribution in [3.8, 4) is 0 Å². The van der Waals surface area contributed by atoms with Gasteiger partial charge in [-0.15, -0.1) is 11.8 Å². The topological polar surface area (TPSA) is 148 Å². The molecule has 0 unspecified atom stereocenters. The largest absolute Gasteiger partial charge is 0.477 e. The summed E-state index contributed by atoms with van der Waals surface area (Å²) in [6, 6.07) is 1.59. The molecule has 1 saturated heterocycles. The maximum absolute atomic E-state index is 12.8. The zero-order valence-corrected chi connectivity index (χ0v) is 17.0. The molecule has 1 aromatic heterocycles. The van der Waals surface area contributed by atoms with Crippen LogP contribution >= 0.6 is 23.5 Å². The molecule has 0 aliphatic carbocycles. The Kier molecular flexibility index (Phi) is 6.19. The second-order valence-electron chi connectivity index (χ2n) is 5.99. The minimum Gasteiger partial charge on any atom is -0.477 e. The van der Waals surface area contributed by atoms with Gasteiger partial charge in [0.25, 0.3) is 11.6 Å². The van der Waals surface area contributed by atoms with Crippen molar-refractivity contribution >= 4 is 47.3 Å². The monoisotopic (exact) mass is 443 g/mol. The van der Waals surface area contributed by atoms with Gasteiger partial charge in [-0.05, 0) is 0 Å². The Balaban J connectivity index is 1.75. The van der Waals surface area contributed by atoms with Crippen molar-refractivity contribution in [1.82, 2.24) is 15.4 Å². The first-order valence-electron chi connectivity index (χ1n) is 8.23. The number of thioether (sulfide) groups is 2. The number of carbonyl (C=O) groups excluding carboxylic acids is 3. The molecule has 0 bridgehead atoms. The number of β-lactam (4-membered cyclic amide) rings is 1. The molecule has 0 saturated carbocycles. The summed E-state index contributed by atoms with van der Waals surface area (Å²) in [4.78, 5) is 49.0. The molecule has 1 aromatic rings. The van der Waals surface area contributed by atoms with E-state index in [0.717, 1.165) is 16.7 Å². The Hall–Kier alpha value is -2.51. The molecule has 156 valence electrons. The van der Waals surface area contributed by atoms with Gasteiger partial charge in [0.05, 0.1) is 5.75 Å². The van der Waals surface area contributed by atoms with E-state index in [-0.39, 0.29) is 23.8 Å². The summed E-state index contributed by atoms with van der Waals surface area (Å²) in [5, 5.41) is 15.6. The summed E-state index contributed by atoms with van der Waals surface area (Å²) >= 11 is 2.32. The van der Waals surface area contributed by atoms with Crippen molar-refractivity contribution in [2.45, 2.75) is 23.0 Å². The van der Waals surface area contributed by atoms with Crippen LogP contribution in [0.1, 0.15) is 6.92 Å². The summed E-state index contributed by atoms with van der Waals surface area (Å²) in [6.07, 6.45) is 1.37. The minimum absolute atomic E-state index is 0.0400. The van der Waals surface area contributed by atoms with Crippen molar-refractivity contribution in [2.75, 3.05) is 25.2 Å². The maximum Gasteiger partial charge on any atom is 0.352 e. The van der Waals surface area contributed by atoms with Crippen LogP contribution in [-0.2, 0) is 28.7 Å². The molecule has 1 fully saturated rings. The van der Waals surface area contributed by atoms with Crippen LogP contribution in [0.3, 0.4) is 0 Å². The van der Waals surface area contributed by atoms with Crippen LogP contribution < -0.4 is 5.32 Å². The number of methoxy groups -OCH3 is 1. The van der Waals surface area contributed by atoms with Gasteiger partial charge in [0.2, 0.25) is 5.91 Å². The normalized spacial score (nSPS) is 23.3. The Bertz CT molecular complexity index is 872. The number of carboxylic acids is 1. The fourth-order valence-corrected chi connectivity index (χ4v) is 4.92. The predicted molar refractivity (Wildman–Crippen MR) is 99.5 cm³/mol. The van der Waals surface area contributed by atoms with E-state index >= 15 is 0 Å². The van der Waals surface area contributed by atoms with Crippen LogP contribution in [0.25, 0.3) is 0 Å². The molecule has 2 aliphatic heterocycles. The highest BCUT2D eigenvalue weighted by Crippen LogP contribution is 2.46. The van der Waals surface area contributed by atoms with Crippen molar-refractivity contribution in [3.63, 3.8) is 0 Å². The standard InChI is InChI=1S/C16H17N3O8S2/c1-8(20)26-5-9-6-29-15-16(25-2,14(24)19(15)12(9)13(22)23)17-10(21)7-28-11-3-4-27-18-11/h3-4,15H,5-7H2,1-2H3,(H,17,21)(H,22,23)/t15-,16+/m1/s1. The number of carbonyl (C=O) groups is 4. The van der Waals surface area contributed by atoms with E-state index in [2.05, 4.69) is 15.0 Å². The number of fused-ring (bicyclic) bond motifs is 1. The van der Waals surface area contributed by atoms with Gasteiger partial charge in [0.15, 0.2) is 0 Å². The Morgan fingerprint density at radius 2 is 2.28 bits per heavy atom. The number of amides is 2. The van der Waals surface area contributed by atoms with Crippen molar-refractivity contribution in [2.24, 2.45) is 0 Å². The zero-order chi connectivity index (χ0) is 21.2. The van der Waals surface area contributed by atoms with Crippen LogP contribution in [0.15, 0.2) is 33.1 Å². The van der Waals surface area contributed by atoms with E-state index in [1.165, 1.54) is 32.1 Å². The number of nitrogens with one attached hydrogen (secondary N) is 1. The zero-order valence-electron chi connectivity index (χ0n) is 15.4. The molecular weight excluding hydrogens is 426 g/mol. The second kappa shape index (κ2) is 8.47. The molecule has 13 heteroatoms. The number of aromatic nitrogens is 1. The van der Waals surface area contributed by atoms with Crippen LogP contribution in [0.4, 0.5) is 0 Å². The molecule has 2 aliphatic rings. The molecule has 0 radical (unpaired) electrons. The van der Waals surface area contributed by atoms with Gasteiger partial charge in [-0.3, -0.25) is 19.3 Å². The molecule has 3 rings (SSSR count). The van der Waals surface area contributed by atoms with Gasteiger partial charge in [0, 0.05) is 31.4 Å². The molecular formula is C16H17N3O8S2. The van der Waals surface area contributed by atoms with Gasteiger partial charge >= 0.3 is 11.9 Å². The minimum atomic E-state index is -1.68. The van der Waals surface area contributed by atoms with E-state index < -0.39 is 34.9 Å². The van der Waals surface area contributed by atoms with Gasteiger partial charge in [-0.25, -0.2) is 4.79 Å². The summed E-state index contributed by atoms with van der Waals surface area (Å²) in [6.45, 7) is 0.970. The Morgan fingerprint density at radius 3 is 2.86 bits per heavy atom. The highest BCUT2D eigenvalue weighted by Gasteiger charge is 2.66. The fraction of sp³-hybridized carbons (Fsp3) is 0.438. The lowest BCUT2D eigenvalue weighted by Gasteiger charge is -2.55. The van der Waals surface area contributed by atoms with Gasteiger partial charge < -0.3 is 24.4 Å². The Morgan fingerprint density at radius 1 is 1.52 bits per heavy atom. The molecule has 0 spiro atoms. The number of carboxylic acid groups (broad SMARTS) is 1. The highest BCUT2D eigenvalue weighted by atomic mass is 32.2. The number of nitrogens with zero attached hydrogens (tertiary/aromatic N) is 2. The van der Waals surface area contributed by atoms with E-state index in [9.17, 15) is 24.3 Å². The number of rotatable bonds is 8. The highest BCUT2D eigenvalue weighted by molar-refractivity contribution is 8.00. The number of esters is 1. The maximum atomic E-state index is 12.8. The number of hydrogen-bond acceptors (Lipinski definition) is 10. The number of ether oxygens (including phenoxy) is 2. The molecule has 2 atom stereocenters. The first-order valence-corrected chi connectivity index (χ1v) is 10.3. The van der Waals surface area contributed by atoms with Gasteiger partial charge in [-0.2, -0.15) is 0 Å². The summed E-state index contributed by atoms with van der Waals surface area (Å²) < 4.78 is 14.9. The molecule has 11 nitrogen and oxygen atoms in total. The molecule has 3 heterocycles. The van der Waals surface area contributed by atoms with Crippen LogP contribution in [0.5, 0.6) is 0 Å².